The number of nitrogens with zero attached hydrogens (tertiary/aromatic N) is 9. The lowest BCUT2D eigenvalue weighted by atomic mass is 9.71. The molecule has 0 saturated carbocycles. The molecule has 12 nitrogen and oxygen atoms in total. The van der Waals surface area contributed by atoms with Crippen LogP contribution in [-0.2, 0) is 29.8 Å². The number of aromatic nitrogens is 9. The van der Waals surface area contributed by atoms with Crippen molar-refractivity contribution in [3.05, 3.63) is 60.4 Å². The summed E-state index contributed by atoms with van der Waals surface area (Å²) in [5.41, 5.74) is 7.67. The average molecular weight is 576 g/mol. The van der Waals surface area contributed by atoms with E-state index in [2.05, 4.69) is 67.5 Å². The van der Waals surface area contributed by atoms with Crippen LogP contribution in [-0.4, -0.2) is 75.9 Å². The molecule has 2 N–H and O–H groups in total. The zero-order chi connectivity index (χ0) is 29.7. The number of rotatable bonds is 4. The quantitative estimate of drug-likeness (QED) is 0.326. The Kier molecular flexibility index (Phi) is 5.31. The third-order valence-corrected chi connectivity index (χ3v) is 9.83. The first-order valence-corrected chi connectivity index (χ1v) is 14.5. The zero-order valence-electron chi connectivity index (χ0n) is 24.9. The number of aromatic amines is 2. The standard InChI is InChI=1S/C31H33N11O/c1-30(2,23-16-33-38-37-23)42-10-8-31(9-11-42)26-22(40(4)29(31)43)15-32-28-25(26)24(27(36-28)20-14-34-39(3)17-20)18-6-7-21-19(12-18)13-35-41(21)5/h6-7,12-17H,8-11H2,1-5H3,(H,32,36)(H,33,37,38). The molecule has 0 bridgehead atoms. The molecule has 1 spiro atoms. The maximum atomic E-state index is 14.3. The molecule has 218 valence electrons. The number of piperidine rings is 1. The molecule has 0 unspecified atom stereocenters. The first kappa shape index (κ1) is 25.8. The van der Waals surface area contributed by atoms with Gasteiger partial charge in [-0.2, -0.15) is 25.6 Å². The molecule has 1 aromatic carbocycles. The zero-order valence-corrected chi connectivity index (χ0v) is 24.9. The predicted octanol–water partition coefficient (Wildman–Crippen LogP) is 3.88. The molecular formula is C31H33N11O. The van der Waals surface area contributed by atoms with E-state index >= 15 is 0 Å². The number of carbonyl (C=O) groups excluding carboxylic acids is 1. The minimum Gasteiger partial charge on any atom is -0.339 e. The van der Waals surface area contributed by atoms with E-state index in [1.807, 2.05) is 55.5 Å². The van der Waals surface area contributed by atoms with E-state index < -0.39 is 5.41 Å². The Hall–Kier alpha value is -4.84. The highest BCUT2D eigenvalue weighted by Gasteiger charge is 2.54. The van der Waals surface area contributed by atoms with Crippen molar-refractivity contribution in [3.63, 3.8) is 0 Å². The number of benzene rings is 1. The molecule has 1 saturated heterocycles. The molecule has 2 aliphatic rings. The minimum absolute atomic E-state index is 0.133. The number of likely N-dealkylation sites (N-methyl/N-ethyl adjacent to an activating group) is 1. The summed E-state index contributed by atoms with van der Waals surface area (Å²) in [6, 6.07) is 6.43. The molecule has 8 rings (SSSR count). The van der Waals surface area contributed by atoms with Crippen LogP contribution in [0.2, 0.25) is 0 Å². The molecule has 12 heteroatoms. The highest BCUT2D eigenvalue weighted by atomic mass is 16.2. The van der Waals surface area contributed by atoms with Crippen LogP contribution in [0.4, 0.5) is 5.69 Å². The van der Waals surface area contributed by atoms with Gasteiger partial charge in [-0.05, 0) is 44.4 Å². The van der Waals surface area contributed by atoms with Gasteiger partial charge < -0.3 is 9.88 Å². The molecule has 0 atom stereocenters. The summed E-state index contributed by atoms with van der Waals surface area (Å²) in [5.74, 6) is 0.133. The Morgan fingerprint density at radius 1 is 0.977 bits per heavy atom. The van der Waals surface area contributed by atoms with Gasteiger partial charge in [0.05, 0.1) is 52.6 Å². The van der Waals surface area contributed by atoms with Gasteiger partial charge in [-0.15, -0.1) is 0 Å². The number of amides is 1. The van der Waals surface area contributed by atoms with Gasteiger partial charge in [0.25, 0.3) is 0 Å². The van der Waals surface area contributed by atoms with Crippen molar-refractivity contribution in [2.45, 2.75) is 37.6 Å². The highest BCUT2D eigenvalue weighted by molar-refractivity contribution is 6.16. The normalized spacial score (nSPS) is 17.1. The number of fused-ring (bicyclic) bond motifs is 5. The summed E-state index contributed by atoms with van der Waals surface area (Å²) in [7, 11) is 5.75. The molecular weight excluding hydrogens is 542 g/mol. The fraction of sp³-hybridized carbons (Fsp3) is 0.355. The fourth-order valence-electron chi connectivity index (χ4n) is 7.37. The maximum Gasteiger partial charge on any atom is 0.237 e. The van der Waals surface area contributed by atoms with Gasteiger partial charge >= 0.3 is 0 Å². The number of hydrogen-bond donors (Lipinski definition) is 2. The molecule has 2 aliphatic heterocycles. The lowest BCUT2D eigenvalue weighted by molar-refractivity contribution is -0.125. The summed E-state index contributed by atoms with van der Waals surface area (Å²) in [5, 5.41) is 22.2. The summed E-state index contributed by atoms with van der Waals surface area (Å²) < 4.78 is 3.69. The van der Waals surface area contributed by atoms with E-state index in [-0.39, 0.29) is 11.4 Å². The third-order valence-electron chi connectivity index (χ3n) is 9.83. The van der Waals surface area contributed by atoms with E-state index in [0.717, 1.165) is 74.4 Å². The van der Waals surface area contributed by atoms with Crippen LogP contribution < -0.4 is 4.90 Å². The smallest absolute Gasteiger partial charge is 0.237 e. The Balaban J connectivity index is 1.34. The van der Waals surface area contributed by atoms with Gasteiger partial charge in [-0.25, -0.2) is 4.98 Å². The number of likely N-dealkylation sites (tertiary alicyclic amines) is 1. The number of aryl methyl sites for hydroxylation is 2. The Morgan fingerprint density at radius 2 is 1.79 bits per heavy atom. The number of anilines is 1. The first-order valence-electron chi connectivity index (χ1n) is 14.5. The number of nitrogens with one attached hydrogen (secondary N) is 2. The number of hydrogen-bond acceptors (Lipinski definition) is 7. The highest BCUT2D eigenvalue weighted by Crippen LogP contribution is 2.54. The van der Waals surface area contributed by atoms with Crippen molar-refractivity contribution in [2.75, 3.05) is 25.0 Å². The van der Waals surface area contributed by atoms with Crippen LogP contribution in [0.1, 0.15) is 37.9 Å². The lowest BCUT2D eigenvalue weighted by Gasteiger charge is -2.45. The van der Waals surface area contributed by atoms with Crippen molar-refractivity contribution in [3.8, 4) is 22.4 Å². The van der Waals surface area contributed by atoms with E-state index in [0.29, 0.717) is 12.8 Å². The fourth-order valence-corrected chi connectivity index (χ4v) is 7.37. The third kappa shape index (κ3) is 3.52. The van der Waals surface area contributed by atoms with Crippen LogP contribution in [0.5, 0.6) is 0 Å². The van der Waals surface area contributed by atoms with Crippen LogP contribution in [0.3, 0.4) is 0 Å². The molecule has 43 heavy (non-hydrogen) atoms. The van der Waals surface area contributed by atoms with E-state index in [1.54, 1.807) is 10.9 Å². The molecule has 6 aromatic rings. The number of H-pyrrole nitrogens is 2. The second-order valence-electron chi connectivity index (χ2n) is 12.4. The number of carbonyl (C=O) groups is 1. The summed E-state index contributed by atoms with van der Waals surface area (Å²) in [4.78, 5) is 27.0. The van der Waals surface area contributed by atoms with Crippen LogP contribution >= 0.6 is 0 Å². The van der Waals surface area contributed by atoms with Crippen molar-refractivity contribution in [2.24, 2.45) is 14.1 Å². The largest absolute Gasteiger partial charge is 0.339 e. The molecule has 0 radical (unpaired) electrons. The SMILES string of the molecule is CN1C(=O)C2(CCN(C(C)(C)c3cn[nH]n3)CC2)c2c1cnc1[nH]c(-c3cnn(C)c3)c(-c3ccc4c(cnn4C)c3)c21. The van der Waals surface area contributed by atoms with Crippen molar-refractivity contribution < 1.29 is 4.79 Å². The van der Waals surface area contributed by atoms with Gasteiger partial charge in [0.1, 0.15) is 11.3 Å². The van der Waals surface area contributed by atoms with Gasteiger partial charge in [-0.1, -0.05) is 6.07 Å². The first-order chi connectivity index (χ1) is 20.7. The van der Waals surface area contributed by atoms with Crippen molar-refractivity contribution in [1.82, 2.24) is 49.8 Å². The van der Waals surface area contributed by atoms with Crippen LogP contribution in [0, 0.1) is 0 Å². The van der Waals surface area contributed by atoms with Gasteiger partial charge in [-0.3, -0.25) is 19.1 Å². The number of pyridine rings is 1. The van der Waals surface area contributed by atoms with Crippen molar-refractivity contribution in [1.29, 1.82) is 0 Å². The summed E-state index contributed by atoms with van der Waals surface area (Å²) in [6.45, 7) is 5.83. The second kappa shape index (κ2) is 8.83. The van der Waals surface area contributed by atoms with E-state index in [1.165, 1.54) is 0 Å². The molecule has 0 aliphatic carbocycles. The molecule has 7 heterocycles. The monoisotopic (exact) mass is 575 g/mol. The maximum absolute atomic E-state index is 14.3. The lowest BCUT2D eigenvalue weighted by Crippen LogP contribution is -2.53. The molecule has 1 fully saturated rings. The van der Waals surface area contributed by atoms with Gasteiger partial charge in [0, 0.05) is 67.9 Å². The van der Waals surface area contributed by atoms with Crippen LogP contribution in [0.15, 0.2) is 49.2 Å². The minimum atomic E-state index is -0.663. The van der Waals surface area contributed by atoms with E-state index in [4.69, 9.17) is 4.98 Å². The van der Waals surface area contributed by atoms with E-state index in [9.17, 15) is 4.79 Å². The predicted molar refractivity (Wildman–Crippen MR) is 163 cm³/mol. The van der Waals surface area contributed by atoms with Crippen molar-refractivity contribution >= 4 is 33.5 Å². The summed E-state index contributed by atoms with van der Waals surface area (Å²) >= 11 is 0. The molecule has 5 aromatic heterocycles. The molecule has 1 amide bonds. The Bertz CT molecular complexity index is 2040. The summed E-state index contributed by atoms with van der Waals surface area (Å²) in [6.07, 6.45) is 10.8. The average Bonchev–Trinajstić information content (AvgIpc) is 3.84. The Morgan fingerprint density at radius 3 is 2.51 bits per heavy atom. The second-order valence-corrected chi connectivity index (χ2v) is 12.4. The van der Waals surface area contributed by atoms with Gasteiger partial charge in [0.15, 0.2) is 0 Å². The topological polar surface area (TPSA) is 129 Å². The van der Waals surface area contributed by atoms with Gasteiger partial charge in [0.2, 0.25) is 5.91 Å². The Labute approximate surface area is 247 Å². The van der Waals surface area contributed by atoms with Crippen LogP contribution in [0.25, 0.3) is 44.3 Å².